The Bertz CT molecular complexity index is 1170. The first kappa shape index (κ1) is 21.9. The maximum Gasteiger partial charge on any atom is 0.406 e. The fraction of sp³-hybridized carbons (Fsp3) is 0.227. The highest BCUT2D eigenvalue weighted by Gasteiger charge is 2.29. The Balaban J connectivity index is 1.84. The molecule has 0 saturated carbocycles. The first-order chi connectivity index (χ1) is 14.7. The van der Waals surface area contributed by atoms with Gasteiger partial charge in [0.25, 0.3) is 0 Å². The summed E-state index contributed by atoms with van der Waals surface area (Å²) in [5.41, 5.74) is 7.77. The van der Waals surface area contributed by atoms with E-state index < -0.39 is 18.7 Å². The molecule has 6 nitrogen and oxygen atoms in total. The molecular weight excluding hydrogens is 411 g/mol. The van der Waals surface area contributed by atoms with Crippen molar-refractivity contribution in [3.8, 4) is 17.6 Å². The lowest BCUT2D eigenvalue weighted by Crippen LogP contribution is -2.18. The Morgan fingerprint density at radius 3 is 2.65 bits per heavy atom. The number of fused-ring (bicyclic) bond motifs is 1. The lowest BCUT2D eigenvalue weighted by atomic mass is 10.2. The van der Waals surface area contributed by atoms with Crippen molar-refractivity contribution in [3.63, 3.8) is 0 Å². The van der Waals surface area contributed by atoms with E-state index in [0.717, 1.165) is 4.57 Å². The summed E-state index contributed by atoms with van der Waals surface area (Å²) in [4.78, 5) is 11.6. The van der Waals surface area contributed by atoms with Gasteiger partial charge >= 0.3 is 12.1 Å². The quantitative estimate of drug-likeness (QED) is 0.362. The minimum atomic E-state index is -4.40. The van der Waals surface area contributed by atoms with E-state index in [1.807, 2.05) is 0 Å². The normalized spacial score (nSPS) is 11.0. The average molecular weight is 431 g/mol. The van der Waals surface area contributed by atoms with E-state index in [-0.39, 0.29) is 12.2 Å². The number of alkyl halides is 3. The molecule has 0 atom stereocenters. The van der Waals surface area contributed by atoms with E-state index in [0.29, 0.717) is 33.6 Å². The second kappa shape index (κ2) is 8.92. The van der Waals surface area contributed by atoms with Crippen molar-refractivity contribution >= 4 is 28.2 Å². The zero-order valence-electron chi connectivity index (χ0n) is 16.8. The summed E-state index contributed by atoms with van der Waals surface area (Å²) in [6.07, 6.45) is -4.40. The lowest BCUT2D eigenvalue weighted by molar-refractivity contribution is -0.140. The van der Waals surface area contributed by atoms with Crippen LogP contribution in [0.25, 0.3) is 10.9 Å². The standard InChI is InChI=1S/C22H20F3N3O3/c1-30-20-11-14(21(29)31-2)8-9-18(20)27-10-4-5-15-12-16-17(26)6-3-7-19(16)28(15)13-22(23,24)25/h3,6-9,11-12,27H,10,13,26H2,1-2H3. The van der Waals surface area contributed by atoms with Gasteiger partial charge in [-0.05, 0) is 42.3 Å². The van der Waals surface area contributed by atoms with Gasteiger partial charge in [-0.25, -0.2) is 4.79 Å². The Morgan fingerprint density at radius 1 is 1.19 bits per heavy atom. The van der Waals surface area contributed by atoms with Crippen LogP contribution in [0.2, 0.25) is 0 Å². The van der Waals surface area contributed by atoms with Crippen molar-refractivity contribution in [3.05, 3.63) is 53.7 Å². The molecule has 9 heteroatoms. The van der Waals surface area contributed by atoms with Crippen LogP contribution in [0, 0.1) is 11.8 Å². The Hall–Kier alpha value is -3.80. The molecule has 0 aliphatic rings. The molecule has 31 heavy (non-hydrogen) atoms. The van der Waals surface area contributed by atoms with Crippen LogP contribution in [0.5, 0.6) is 5.75 Å². The summed E-state index contributed by atoms with van der Waals surface area (Å²) in [5.74, 6) is 5.51. The summed E-state index contributed by atoms with van der Waals surface area (Å²) in [6.45, 7) is -1.03. The molecule has 3 N–H and O–H groups in total. The summed E-state index contributed by atoms with van der Waals surface area (Å²) >= 11 is 0. The van der Waals surface area contributed by atoms with E-state index in [1.165, 1.54) is 20.3 Å². The van der Waals surface area contributed by atoms with E-state index in [1.54, 1.807) is 36.4 Å². The average Bonchev–Trinajstić information content (AvgIpc) is 3.07. The second-order valence-corrected chi connectivity index (χ2v) is 6.57. The fourth-order valence-corrected chi connectivity index (χ4v) is 3.12. The van der Waals surface area contributed by atoms with Crippen molar-refractivity contribution in [1.29, 1.82) is 0 Å². The minimum absolute atomic E-state index is 0.136. The number of hydrogen-bond donors (Lipinski definition) is 2. The SMILES string of the molecule is COC(=O)c1ccc(NCC#Cc2cc3c(N)cccc3n2CC(F)(F)F)c(OC)c1. The number of rotatable bonds is 5. The maximum atomic E-state index is 13.1. The Kier molecular flexibility index (Phi) is 6.30. The highest BCUT2D eigenvalue weighted by Crippen LogP contribution is 2.29. The zero-order chi connectivity index (χ0) is 22.6. The van der Waals surface area contributed by atoms with Crippen LogP contribution < -0.4 is 15.8 Å². The second-order valence-electron chi connectivity index (χ2n) is 6.57. The highest BCUT2D eigenvalue weighted by molar-refractivity contribution is 5.93. The van der Waals surface area contributed by atoms with E-state index in [2.05, 4.69) is 21.9 Å². The number of nitrogens with two attached hydrogens (primary N) is 1. The number of hydrogen-bond acceptors (Lipinski definition) is 5. The number of halogens is 3. The maximum absolute atomic E-state index is 13.1. The molecule has 3 rings (SSSR count). The van der Waals surface area contributed by atoms with Crippen LogP contribution in [-0.2, 0) is 11.3 Å². The van der Waals surface area contributed by atoms with Crippen LogP contribution in [0.15, 0.2) is 42.5 Å². The van der Waals surface area contributed by atoms with Crippen LogP contribution in [0.1, 0.15) is 16.1 Å². The van der Waals surface area contributed by atoms with Crippen LogP contribution in [0.3, 0.4) is 0 Å². The van der Waals surface area contributed by atoms with Crippen molar-refractivity contribution in [2.24, 2.45) is 0 Å². The van der Waals surface area contributed by atoms with Gasteiger partial charge in [-0.2, -0.15) is 13.2 Å². The number of aromatic nitrogens is 1. The summed E-state index contributed by atoms with van der Waals surface area (Å²) < 4.78 is 50.3. The Labute approximate surface area is 176 Å². The van der Waals surface area contributed by atoms with Gasteiger partial charge in [0, 0.05) is 11.1 Å². The molecule has 0 bridgehead atoms. The number of esters is 1. The van der Waals surface area contributed by atoms with Crippen molar-refractivity contribution in [2.45, 2.75) is 12.7 Å². The first-order valence-corrected chi connectivity index (χ1v) is 9.17. The Morgan fingerprint density at radius 2 is 1.97 bits per heavy atom. The van der Waals surface area contributed by atoms with Gasteiger partial charge in [0.1, 0.15) is 12.3 Å². The van der Waals surface area contributed by atoms with Gasteiger partial charge in [-0.1, -0.05) is 12.0 Å². The third-order valence-corrected chi connectivity index (χ3v) is 4.52. The fourth-order valence-electron chi connectivity index (χ4n) is 3.12. The van der Waals surface area contributed by atoms with Crippen molar-refractivity contribution < 1.29 is 27.4 Å². The monoisotopic (exact) mass is 431 g/mol. The molecule has 3 aromatic rings. The molecule has 2 aromatic carbocycles. The van der Waals surface area contributed by atoms with Crippen molar-refractivity contribution in [2.75, 3.05) is 31.8 Å². The molecule has 1 heterocycles. The molecular formula is C22H20F3N3O3. The van der Waals surface area contributed by atoms with Crippen LogP contribution >= 0.6 is 0 Å². The van der Waals surface area contributed by atoms with E-state index in [9.17, 15) is 18.0 Å². The smallest absolute Gasteiger partial charge is 0.406 e. The summed E-state index contributed by atoms with van der Waals surface area (Å²) in [7, 11) is 2.73. The topological polar surface area (TPSA) is 78.5 Å². The first-order valence-electron chi connectivity index (χ1n) is 9.17. The predicted octanol–water partition coefficient (Wildman–Crippen LogP) is 4.04. The third-order valence-electron chi connectivity index (χ3n) is 4.52. The largest absolute Gasteiger partial charge is 0.495 e. The number of carbonyl (C=O) groups is 1. The molecule has 1 aromatic heterocycles. The van der Waals surface area contributed by atoms with E-state index >= 15 is 0 Å². The highest BCUT2D eigenvalue weighted by atomic mass is 19.4. The van der Waals surface area contributed by atoms with Gasteiger partial charge < -0.3 is 25.1 Å². The molecule has 0 fully saturated rings. The van der Waals surface area contributed by atoms with Crippen LogP contribution in [-0.4, -0.2) is 37.5 Å². The number of carbonyl (C=O) groups excluding carboxylic acids is 1. The molecule has 162 valence electrons. The van der Waals surface area contributed by atoms with E-state index in [4.69, 9.17) is 10.5 Å². The summed E-state index contributed by atoms with van der Waals surface area (Å²) in [6, 6.07) is 11.1. The number of ether oxygens (including phenoxy) is 2. The molecule has 0 spiro atoms. The lowest BCUT2D eigenvalue weighted by Gasteiger charge is -2.11. The third kappa shape index (κ3) is 5.04. The number of nitrogen functional groups attached to an aromatic ring is 1. The number of nitrogens with one attached hydrogen (secondary N) is 1. The minimum Gasteiger partial charge on any atom is -0.495 e. The molecule has 0 amide bonds. The number of anilines is 2. The van der Waals surface area contributed by atoms with Gasteiger partial charge in [0.05, 0.1) is 43.2 Å². The number of methoxy groups -OCH3 is 2. The zero-order valence-corrected chi connectivity index (χ0v) is 16.8. The van der Waals surface area contributed by atoms with Crippen molar-refractivity contribution in [1.82, 2.24) is 4.57 Å². The molecule has 0 aliphatic heterocycles. The predicted molar refractivity (Wildman–Crippen MR) is 112 cm³/mol. The van der Waals surface area contributed by atoms with Gasteiger partial charge in [0.2, 0.25) is 0 Å². The molecule has 0 saturated heterocycles. The van der Waals surface area contributed by atoms with Crippen LogP contribution in [0.4, 0.5) is 24.5 Å². The number of benzene rings is 2. The molecule has 0 aliphatic carbocycles. The summed E-state index contributed by atoms with van der Waals surface area (Å²) in [5, 5.41) is 3.54. The van der Waals surface area contributed by atoms with Gasteiger partial charge in [-0.15, -0.1) is 0 Å². The number of nitrogens with zero attached hydrogens (tertiary/aromatic N) is 1. The molecule has 0 radical (unpaired) electrons. The molecule has 0 unspecified atom stereocenters. The van der Waals surface area contributed by atoms with Gasteiger partial charge in [-0.3, -0.25) is 0 Å². The van der Waals surface area contributed by atoms with Gasteiger partial charge in [0.15, 0.2) is 0 Å².